The van der Waals surface area contributed by atoms with Gasteiger partial charge >= 0.3 is 0 Å². The summed E-state index contributed by atoms with van der Waals surface area (Å²) in [5, 5.41) is 5.97. The number of amides is 1. The summed E-state index contributed by atoms with van der Waals surface area (Å²) in [5.74, 6) is -0.717. The molecule has 26 heavy (non-hydrogen) atoms. The Balaban J connectivity index is 1.73. The number of rotatable bonds is 7. The Labute approximate surface area is 151 Å². The number of halogens is 1. The summed E-state index contributed by atoms with van der Waals surface area (Å²) in [5.41, 5.74) is 2.15. The van der Waals surface area contributed by atoms with E-state index in [0.717, 1.165) is 11.1 Å². The fraction of sp³-hybridized carbons (Fsp3) is 0.150. The summed E-state index contributed by atoms with van der Waals surface area (Å²) in [6.07, 6.45) is 6.71. The molecule has 0 aliphatic heterocycles. The van der Waals surface area contributed by atoms with Crippen LogP contribution in [0.4, 0.5) is 4.39 Å². The number of hydrogen-bond acceptors (Lipinski definition) is 4. The largest absolute Gasteiger partial charge is 0.350 e. The second-order valence-corrected chi connectivity index (χ2v) is 5.77. The molecule has 132 valence electrons. The van der Waals surface area contributed by atoms with Crippen LogP contribution in [-0.4, -0.2) is 15.9 Å². The molecule has 6 heteroatoms. The SMILES string of the molecule is O=C(NCc1ccncc1)C(NCc1cccnc1)c1ccccc1F. The molecular weight excluding hydrogens is 331 g/mol. The van der Waals surface area contributed by atoms with E-state index < -0.39 is 11.9 Å². The molecule has 2 aromatic heterocycles. The van der Waals surface area contributed by atoms with Gasteiger partial charge in [-0.2, -0.15) is 0 Å². The lowest BCUT2D eigenvalue weighted by atomic mass is 10.0. The third kappa shape index (κ3) is 4.70. The highest BCUT2D eigenvalue weighted by Gasteiger charge is 2.22. The van der Waals surface area contributed by atoms with E-state index in [1.54, 1.807) is 43.0 Å². The highest BCUT2D eigenvalue weighted by Crippen LogP contribution is 2.18. The van der Waals surface area contributed by atoms with Gasteiger partial charge in [0.05, 0.1) is 0 Å². The smallest absolute Gasteiger partial charge is 0.242 e. The Bertz CT molecular complexity index is 843. The Hall–Kier alpha value is -3.12. The van der Waals surface area contributed by atoms with Crippen LogP contribution in [0.5, 0.6) is 0 Å². The first kappa shape index (κ1) is 17.7. The lowest BCUT2D eigenvalue weighted by molar-refractivity contribution is -0.123. The maximum Gasteiger partial charge on any atom is 0.242 e. The van der Waals surface area contributed by atoms with Crippen molar-refractivity contribution < 1.29 is 9.18 Å². The van der Waals surface area contributed by atoms with Crippen molar-refractivity contribution in [2.45, 2.75) is 19.1 Å². The van der Waals surface area contributed by atoms with E-state index >= 15 is 0 Å². The Morgan fingerprint density at radius 2 is 1.73 bits per heavy atom. The molecule has 2 heterocycles. The fourth-order valence-electron chi connectivity index (χ4n) is 2.57. The van der Waals surface area contributed by atoms with Gasteiger partial charge in [-0.15, -0.1) is 0 Å². The monoisotopic (exact) mass is 350 g/mol. The summed E-state index contributed by atoms with van der Waals surface area (Å²) in [6, 6.07) is 12.8. The van der Waals surface area contributed by atoms with Gasteiger partial charge in [0, 0.05) is 43.4 Å². The van der Waals surface area contributed by atoms with E-state index in [0.29, 0.717) is 18.7 Å². The molecule has 0 aliphatic carbocycles. The minimum absolute atomic E-state index is 0.296. The van der Waals surface area contributed by atoms with Gasteiger partial charge in [-0.3, -0.25) is 20.1 Å². The second kappa shape index (κ2) is 8.82. The molecule has 1 atom stereocenters. The molecule has 2 N–H and O–H groups in total. The average molecular weight is 350 g/mol. The van der Waals surface area contributed by atoms with Crippen LogP contribution >= 0.6 is 0 Å². The van der Waals surface area contributed by atoms with Crippen molar-refractivity contribution in [2.24, 2.45) is 0 Å². The molecular formula is C20H19FN4O. The molecule has 0 aliphatic rings. The van der Waals surface area contributed by atoms with Gasteiger partial charge < -0.3 is 5.32 Å². The number of nitrogens with one attached hydrogen (secondary N) is 2. The van der Waals surface area contributed by atoms with Crippen molar-refractivity contribution in [1.82, 2.24) is 20.6 Å². The highest BCUT2D eigenvalue weighted by atomic mass is 19.1. The van der Waals surface area contributed by atoms with Gasteiger partial charge in [-0.25, -0.2) is 4.39 Å². The molecule has 1 aromatic carbocycles. The van der Waals surface area contributed by atoms with E-state index in [-0.39, 0.29) is 5.91 Å². The lowest BCUT2D eigenvalue weighted by Gasteiger charge is -2.19. The van der Waals surface area contributed by atoms with Gasteiger partial charge in [0.15, 0.2) is 0 Å². The first-order valence-corrected chi connectivity index (χ1v) is 8.27. The van der Waals surface area contributed by atoms with E-state index in [4.69, 9.17) is 0 Å². The zero-order valence-corrected chi connectivity index (χ0v) is 14.1. The van der Waals surface area contributed by atoms with Gasteiger partial charge in [0.25, 0.3) is 0 Å². The molecule has 3 rings (SSSR count). The van der Waals surface area contributed by atoms with Gasteiger partial charge in [0.2, 0.25) is 5.91 Å². The zero-order valence-electron chi connectivity index (χ0n) is 14.1. The predicted molar refractivity (Wildman–Crippen MR) is 96.3 cm³/mol. The van der Waals surface area contributed by atoms with E-state index in [1.807, 2.05) is 24.3 Å². The van der Waals surface area contributed by atoms with Crippen molar-refractivity contribution in [3.63, 3.8) is 0 Å². The highest BCUT2D eigenvalue weighted by molar-refractivity contribution is 5.83. The molecule has 1 amide bonds. The topological polar surface area (TPSA) is 66.9 Å². The van der Waals surface area contributed by atoms with Crippen LogP contribution in [0.15, 0.2) is 73.3 Å². The molecule has 5 nitrogen and oxygen atoms in total. The minimum Gasteiger partial charge on any atom is -0.350 e. The van der Waals surface area contributed by atoms with E-state index in [1.165, 1.54) is 6.07 Å². The summed E-state index contributed by atoms with van der Waals surface area (Å²) in [4.78, 5) is 20.7. The Morgan fingerprint density at radius 3 is 2.46 bits per heavy atom. The molecule has 0 saturated heterocycles. The zero-order chi connectivity index (χ0) is 18.2. The van der Waals surface area contributed by atoms with Gasteiger partial charge in [-0.05, 0) is 35.4 Å². The standard InChI is InChI=1S/C20H19FN4O/c21-18-6-2-1-5-17(18)19(24-14-16-4-3-9-23-12-16)20(26)25-13-15-7-10-22-11-8-15/h1-12,19,24H,13-14H2,(H,25,26). The number of carbonyl (C=O) groups excluding carboxylic acids is 1. The van der Waals surface area contributed by atoms with Gasteiger partial charge in [0.1, 0.15) is 11.9 Å². The van der Waals surface area contributed by atoms with Crippen LogP contribution < -0.4 is 10.6 Å². The lowest BCUT2D eigenvalue weighted by Crippen LogP contribution is -2.37. The van der Waals surface area contributed by atoms with Crippen LogP contribution in [0.2, 0.25) is 0 Å². The number of aromatic nitrogens is 2. The normalized spacial score (nSPS) is 11.7. The van der Waals surface area contributed by atoms with Crippen molar-refractivity contribution in [3.8, 4) is 0 Å². The predicted octanol–water partition coefficient (Wildman–Crippen LogP) is 2.76. The summed E-state index contributed by atoms with van der Waals surface area (Å²) < 4.78 is 14.2. The molecule has 0 fully saturated rings. The van der Waals surface area contributed by atoms with Crippen molar-refractivity contribution in [1.29, 1.82) is 0 Å². The second-order valence-electron chi connectivity index (χ2n) is 5.77. The quantitative estimate of drug-likeness (QED) is 0.688. The molecule has 0 bridgehead atoms. The Kier molecular flexibility index (Phi) is 6.01. The average Bonchev–Trinajstić information content (AvgIpc) is 2.69. The summed E-state index contributed by atoms with van der Waals surface area (Å²) in [6.45, 7) is 0.746. The van der Waals surface area contributed by atoms with Gasteiger partial charge in [-0.1, -0.05) is 24.3 Å². The first-order chi connectivity index (χ1) is 12.7. The van der Waals surface area contributed by atoms with Crippen molar-refractivity contribution in [3.05, 3.63) is 95.8 Å². The molecule has 0 radical (unpaired) electrons. The van der Waals surface area contributed by atoms with Crippen LogP contribution in [-0.2, 0) is 17.9 Å². The number of benzene rings is 1. The maximum atomic E-state index is 14.2. The number of pyridine rings is 2. The van der Waals surface area contributed by atoms with Crippen LogP contribution in [0, 0.1) is 5.82 Å². The maximum absolute atomic E-state index is 14.2. The van der Waals surface area contributed by atoms with Crippen LogP contribution in [0.3, 0.4) is 0 Å². The van der Waals surface area contributed by atoms with Crippen LogP contribution in [0.1, 0.15) is 22.7 Å². The van der Waals surface area contributed by atoms with E-state index in [2.05, 4.69) is 20.6 Å². The fourth-order valence-corrected chi connectivity index (χ4v) is 2.57. The molecule has 0 spiro atoms. The first-order valence-electron chi connectivity index (χ1n) is 8.27. The van der Waals surface area contributed by atoms with Crippen molar-refractivity contribution >= 4 is 5.91 Å². The third-order valence-electron chi connectivity index (χ3n) is 3.93. The minimum atomic E-state index is -0.807. The van der Waals surface area contributed by atoms with Crippen LogP contribution in [0.25, 0.3) is 0 Å². The molecule has 3 aromatic rings. The summed E-state index contributed by atoms with van der Waals surface area (Å²) in [7, 11) is 0. The number of carbonyl (C=O) groups is 1. The number of hydrogen-bond donors (Lipinski definition) is 2. The Morgan fingerprint density at radius 1 is 0.923 bits per heavy atom. The van der Waals surface area contributed by atoms with Crippen molar-refractivity contribution in [2.75, 3.05) is 0 Å². The number of nitrogens with zero attached hydrogens (tertiary/aromatic N) is 2. The molecule has 0 saturated carbocycles. The third-order valence-corrected chi connectivity index (χ3v) is 3.93. The molecule has 1 unspecified atom stereocenters. The van der Waals surface area contributed by atoms with E-state index in [9.17, 15) is 9.18 Å². The summed E-state index contributed by atoms with van der Waals surface area (Å²) >= 11 is 0.